The number of nitrogens with zero attached hydrogens (tertiary/aromatic N) is 2. The number of methoxy groups -OCH3 is 1. The minimum Gasteiger partial charge on any atom is -0.370 e. The second-order valence-electron chi connectivity index (χ2n) is 6.70. The number of halogens is 1. The molecule has 1 aromatic heterocycles. The highest BCUT2D eigenvalue weighted by molar-refractivity contribution is 6.30. The van der Waals surface area contributed by atoms with Crippen LogP contribution in [0.15, 0.2) is 0 Å². The van der Waals surface area contributed by atoms with Gasteiger partial charge in [0.05, 0.1) is 0 Å². The number of hydrogen-bond donors (Lipinski definition) is 0. The molecule has 0 atom stereocenters. The van der Waals surface area contributed by atoms with E-state index in [0.717, 1.165) is 43.1 Å². The van der Waals surface area contributed by atoms with Crippen LogP contribution in [0.1, 0.15) is 69.0 Å². The third kappa shape index (κ3) is 2.95. The zero-order valence-corrected chi connectivity index (χ0v) is 13.9. The maximum Gasteiger partial charge on any atom is 0.162 e. The first-order chi connectivity index (χ1) is 10.1. The lowest BCUT2D eigenvalue weighted by molar-refractivity contribution is -0.0599. The molecule has 116 valence electrons. The number of aryl methyl sites for hydroxylation is 1. The van der Waals surface area contributed by atoms with E-state index in [4.69, 9.17) is 21.3 Å². The standard InChI is InChI=1S/C17H25ClN2O/c1-12-8-10-17(21-2,11-9-12)16-19-14-7-5-3-4-6-13(14)15(18)20-16/h12H,3-11H2,1-2H3. The summed E-state index contributed by atoms with van der Waals surface area (Å²) < 4.78 is 5.91. The molecule has 1 fully saturated rings. The number of hydrogen-bond acceptors (Lipinski definition) is 3. The maximum atomic E-state index is 6.48. The molecule has 4 heteroatoms. The number of rotatable bonds is 2. The van der Waals surface area contributed by atoms with Crippen LogP contribution >= 0.6 is 11.6 Å². The lowest BCUT2D eigenvalue weighted by Gasteiger charge is -2.37. The Labute approximate surface area is 132 Å². The molecule has 21 heavy (non-hydrogen) atoms. The minimum absolute atomic E-state index is 0.322. The number of aromatic nitrogens is 2. The van der Waals surface area contributed by atoms with Crippen LogP contribution < -0.4 is 0 Å². The van der Waals surface area contributed by atoms with Gasteiger partial charge < -0.3 is 4.74 Å². The van der Waals surface area contributed by atoms with Gasteiger partial charge in [-0.3, -0.25) is 0 Å². The third-order valence-corrected chi connectivity index (χ3v) is 5.58. The van der Waals surface area contributed by atoms with Gasteiger partial charge in [-0.1, -0.05) is 24.9 Å². The van der Waals surface area contributed by atoms with Gasteiger partial charge in [0.15, 0.2) is 5.82 Å². The van der Waals surface area contributed by atoms with E-state index in [1.807, 2.05) is 0 Å². The Kier molecular flexibility index (Phi) is 4.51. The lowest BCUT2D eigenvalue weighted by Crippen LogP contribution is -2.35. The predicted octanol–water partition coefficient (Wildman–Crippen LogP) is 4.45. The molecule has 0 aromatic carbocycles. The van der Waals surface area contributed by atoms with Gasteiger partial charge in [0.25, 0.3) is 0 Å². The smallest absolute Gasteiger partial charge is 0.162 e. The molecule has 3 nitrogen and oxygen atoms in total. The fraction of sp³-hybridized carbons (Fsp3) is 0.765. The summed E-state index contributed by atoms with van der Waals surface area (Å²) in [7, 11) is 1.79. The maximum absolute atomic E-state index is 6.48. The molecule has 2 aliphatic rings. The molecule has 1 aromatic rings. The van der Waals surface area contributed by atoms with E-state index < -0.39 is 0 Å². The predicted molar refractivity (Wildman–Crippen MR) is 84.6 cm³/mol. The largest absolute Gasteiger partial charge is 0.370 e. The van der Waals surface area contributed by atoms with Crippen molar-refractivity contribution in [1.82, 2.24) is 9.97 Å². The van der Waals surface area contributed by atoms with E-state index in [1.165, 1.54) is 37.7 Å². The van der Waals surface area contributed by atoms with Crippen LogP contribution in [-0.4, -0.2) is 17.1 Å². The first kappa shape index (κ1) is 15.2. The van der Waals surface area contributed by atoms with E-state index in [0.29, 0.717) is 5.15 Å². The van der Waals surface area contributed by atoms with E-state index in [2.05, 4.69) is 11.9 Å². The van der Waals surface area contributed by atoms with Crippen molar-refractivity contribution in [3.63, 3.8) is 0 Å². The lowest BCUT2D eigenvalue weighted by atomic mass is 9.79. The van der Waals surface area contributed by atoms with Crippen molar-refractivity contribution in [2.45, 2.75) is 70.3 Å². The molecule has 0 unspecified atom stereocenters. The second kappa shape index (κ2) is 6.21. The van der Waals surface area contributed by atoms with Crippen molar-refractivity contribution in [3.05, 3.63) is 22.2 Å². The monoisotopic (exact) mass is 308 g/mol. The second-order valence-corrected chi connectivity index (χ2v) is 7.06. The first-order valence-corrected chi connectivity index (χ1v) is 8.63. The summed E-state index contributed by atoms with van der Waals surface area (Å²) in [6.07, 6.45) is 10.1. The molecule has 0 saturated heterocycles. The van der Waals surface area contributed by atoms with Crippen LogP contribution in [0.2, 0.25) is 5.15 Å². The SMILES string of the molecule is COC1(c2nc(Cl)c3c(n2)CCCCC3)CCC(C)CC1. The Hall–Kier alpha value is -0.670. The summed E-state index contributed by atoms with van der Waals surface area (Å²) >= 11 is 6.48. The summed E-state index contributed by atoms with van der Waals surface area (Å²) in [6.45, 7) is 2.31. The van der Waals surface area contributed by atoms with Gasteiger partial charge in [-0.15, -0.1) is 0 Å². The Morgan fingerprint density at radius 1 is 1.10 bits per heavy atom. The van der Waals surface area contributed by atoms with Gasteiger partial charge in [-0.25, -0.2) is 9.97 Å². The summed E-state index contributed by atoms with van der Waals surface area (Å²) in [4.78, 5) is 9.55. The van der Waals surface area contributed by atoms with Crippen LogP contribution in [0.4, 0.5) is 0 Å². The van der Waals surface area contributed by atoms with Crippen LogP contribution in [0.3, 0.4) is 0 Å². The molecule has 2 aliphatic carbocycles. The third-order valence-electron chi connectivity index (χ3n) is 5.26. The minimum atomic E-state index is -0.322. The average molecular weight is 309 g/mol. The van der Waals surface area contributed by atoms with Crippen molar-refractivity contribution in [1.29, 1.82) is 0 Å². The van der Waals surface area contributed by atoms with Crippen molar-refractivity contribution < 1.29 is 4.74 Å². The molecule has 1 heterocycles. The topological polar surface area (TPSA) is 35.0 Å². The first-order valence-electron chi connectivity index (χ1n) is 8.25. The van der Waals surface area contributed by atoms with Gasteiger partial charge in [0.2, 0.25) is 0 Å². The van der Waals surface area contributed by atoms with Gasteiger partial charge in [0.1, 0.15) is 10.8 Å². The summed E-state index contributed by atoms with van der Waals surface area (Å²) in [6, 6.07) is 0. The number of fused-ring (bicyclic) bond motifs is 1. The average Bonchev–Trinajstić information content (AvgIpc) is 2.74. The van der Waals surface area contributed by atoms with Crippen LogP contribution in [0, 0.1) is 5.92 Å². The fourth-order valence-corrected chi connectivity index (χ4v) is 3.96. The Morgan fingerprint density at radius 2 is 1.81 bits per heavy atom. The molecular weight excluding hydrogens is 284 g/mol. The molecule has 0 N–H and O–H groups in total. The molecular formula is C17H25ClN2O. The van der Waals surface area contributed by atoms with E-state index in [9.17, 15) is 0 Å². The summed E-state index contributed by atoms with van der Waals surface area (Å²) in [5, 5.41) is 0.659. The molecule has 0 spiro atoms. The van der Waals surface area contributed by atoms with Crippen molar-refractivity contribution in [3.8, 4) is 0 Å². The quantitative estimate of drug-likeness (QED) is 0.598. The molecule has 3 rings (SSSR count). The van der Waals surface area contributed by atoms with Crippen molar-refractivity contribution >= 4 is 11.6 Å². The van der Waals surface area contributed by atoms with E-state index >= 15 is 0 Å². The molecule has 0 radical (unpaired) electrons. The summed E-state index contributed by atoms with van der Waals surface area (Å²) in [5.41, 5.74) is 2.02. The summed E-state index contributed by atoms with van der Waals surface area (Å²) in [5.74, 6) is 1.59. The van der Waals surface area contributed by atoms with Gasteiger partial charge in [0, 0.05) is 18.4 Å². The Bertz CT molecular complexity index is 510. The molecule has 1 saturated carbocycles. The highest BCUT2D eigenvalue weighted by atomic mass is 35.5. The van der Waals surface area contributed by atoms with Crippen LogP contribution in [-0.2, 0) is 23.2 Å². The van der Waals surface area contributed by atoms with Gasteiger partial charge in [-0.2, -0.15) is 0 Å². The van der Waals surface area contributed by atoms with Crippen LogP contribution in [0.5, 0.6) is 0 Å². The van der Waals surface area contributed by atoms with Gasteiger partial charge >= 0.3 is 0 Å². The highest BCUT2D eigenvalue weighted by Crippen LogP contribution is 2.41. The molecule has 0 bridgehead atoms. The van der Waals surface area contributed by atoms with E-state index in [1.54, 1.807) is 7.11 Å². The highest BCUT2D eigenvalue weighted by Gasteiger charge is 2.39. The molecule has 0 amide bonds. The number of ether oxygens (including phenoxy) is 1. The normalized spacial score (nSPS) is 29.8. The zero-order valence-electron chi connectivity index (χ0n) is 13.1. The van der Waals surface area contributed by atoms with E-state index in [-0.39, 0.29) is 5.60 Å². The van der Waals surface area contributed by atoms with Crippen molar-refractivity contribution in [2.24, 2.45) is 5.92 Å². The van der Waals surface area contributed by atoms with Crippen LogP contribution in [0.25, 0.3) is 0 Å². The fourth-order valence-electron chi connectivity index (χ4n) is 3.68. The Morgan fingerprint density at radius 3 is 2.52 bits per heavy atom. The van der Waals surface area contributed by atoms with Gasteiger partial charge in [-0.05, 0) is 57.3 Å². The molecule has 0 aliphatic heterocycles. The Balaban J connectivity index is 1.98. The van der Waals surface area contributed by atoms with Crippen molar-refractivity contribution in [2.75, 3.05) is 7.11 Å². The zero-order chi connectivity index (χ0) is 14.9.